The van der Waals surface area contributed by atoms with Crippen molar-refractivity contribution < 1.29 is 9.53 Å². The number of carbonyl (C=O) groups excluding carboxylic acids is 1. The minimum atomic E-state index is -0.204. The molecular weight excluding hydrogens is 248 g/mol. The van der Waals surface area contributed by atoms with Gasteiger partial charge in [-0.2, -0.15) is 0 Å². The number of nitrogens with one attached hydrogen (secondary N) is 1. The van der Waals surface area contributed by atoms with Crippen LogP contribution < -0.4 is 11.1 Å². The summed E-state index contributed by atoms with van der Waals surface area (Å²) < 4.78 is 5.31. The number of rotatable bonds is 5. The second-order valence-electron chi connectivity index (χ2n) is 3.71. The van der Waals surface area contributed by atoms with Gasteiger partial charge in [0, 0.05) is 4.88 Å². The van der Waals surface area contributed by atoms with Crippen LogP contribution >= 0.6 is 11.3 Å². The third kappa shape index (κ3) is 3.58. The van der Waals surface area contributed by atoms with Gasteiger partial charge in [0.15, 0.2) is 0 Å². The average Bonchev–Trinajstić information content (AvgIpc) is 2.85. The van der Waals surface area contributed by atoms with Gasteiger partial charge in [0.2, 0.25) is 5.91 Å². The molecule has 4 nitrogen and oxygen atoms in total. The summed E-state index contributed by atoms with van der Waals surface area (Å²) in [5, 5.41) is 4.68. The highest BCUT2D eigenvalue weighted by Crippen LogP contribution is 2.16. The molecule has 0 aliphatic rings. The molecule has 2 aromatic rings. The number of benzene rings is 1. The Labute approximate surface area is 109 Å². The predicted molar refractivity (Wildman–Crippen MR) is 73.5 cm³/mol. The molecule has 0 radical (unpaired) electrons. The Bertz CT molecular complexity index is 511. The van der Waals surface area contributed by atoms with Crippen molar-refractivity contribution in [2.75, 3.05) is 17.7 Å². The predicted octanol–water partition coefficient (Wildman–Crippen LogP) is 2.49. The number of amides is 1. The molecule has 0 aliphatic heterocycles. The van der Waals surface area contributed by atoms with E-state index < -0.39 is 0 Å². The highest BCUT2D eigenvalue weighted by atomic mass is 32.1. The maximum absolute atomic E-state index is 11.6. The minimum absolute atomic E-state index is 0.0201. The molecule has 5 heteroatoms. The van der Waals surface area contributed by atoms with Crippen molar-refractivity contribution in [2.24, 2.45) is 0 Å². The largest absolute Gasteiger partial charge is 0.397 e. The number of para-hydroxylation sites is 2. The van der Waals surface area contributed by atoms with Crippen molar-refractivity contribution in [3.8, 4) is 0 Å². The van der Waals surface area contributed by atoms with Gasteiger partial charge in [-0.05, 0) is 23.6 Å². The van der Waals surface area contributed by atoms with Gasteiger partial charge in [0.1, 0.15) is 6.61 Å². The fraction of sp³-hybridized carbons (Fsp3) is 0.154. The number of nitrogens with two attached hydrogens (primary N) is 1. The van der Waals surface area contributed by atoms with E-state index in [2.05, 4.69) is 5.32 Å². The molecule has 0 spiro atoms. The Morgan fingerprint density at radius 1 is 1.28 bits per heavy atom. The van der Waals surface area contributed by atoms with Gasteiger partial charge in [0.25, 0.3) is 0 Å². The van der Waals surface area contributed by atoms with Crippen LogP contribution in [0, 0.1) is 0 Å². The van der Waals surface area contributed by atoms with Gasteiger partial charge in [-0.1, -0.05) is 18.2 Å². The zero-order valence-electron chi connectivity index (χ0n) is 9.76. The van der Waals surface area contributed by atoms with Gasteiger partial charge >= 0.3 is 0 Å². The van der Waals surface area contributed by atoms with Crippen LogP contribution in [0.4, 0.5) is 11.4 Å². The maximum atomic E-state index is 11.6. The van der Waals surface area contributed by atoms with Crippen LogP contribution in [0.3, 0.4) is 0 Å². The molecule has 0 bridgehead atoms. The number of thiophene rings is 1. The summed E-state index contributed by atoms with van der Waals surface area (Å²) in [6, 6.07) is 11.1. The van der Waals surface area contributed by atoms with Crippen molar-refractivity contribution >= 4 is 28.6 Å². The minimum Gasteiger partial charge on any atom is -0.397 e. The molecule has 3 N–H and O–H groups in total. The molecule has 1 heterocycles. The lowest BCUT2D eigenvalue weighted by atomic mass is 10.3. The third-order valence-electron chi connectivity index (χ3n) is 2.29. The fourth-order valence-electron chi connectivity index (χ4n) is 1.44. The number of hydrogen-bond donors (Lipinski definition) is 2. The van der Waals surface area contributed by atoms with E-state index in [1.54, 1.807) is 23.5 Å². The molecule has 94 valence electrons. The van der Waals surface area contributed by atoms with E-state index in [0.29, 0.717) is 18.0 Å². The topological polar surface area (TPSA) is 64.3 Å². The Balaban J connectivity index is 1.77. The number of ether oxygens (including phenoxy) is 1. The summed E-state index contributed by atoms with van der Waals surface area (Å²) in [6.07, 6.45) is 0. The lowest BCUT2D eigenvalue weighted by Gasteiger charge is -2.07. The molecule has 1 aromatic carbocycles. The SMILES string of the molecule is Nc1ccccc1NC(=O)COCc1cccs1. The summed E-state index contributed by atoms with van der Waals surface area (Å²) >= 11 is 1.60. The Morgan fingerprint density at radius 3 is 2.83 bits per heavy atom. The molecule has 1 aromatic heterocycles. The standard InChI is InChI=1S/C13H14N2O2S/c14-11-5-1-2-6-12(11)15-13(16)9-17-8-10-4-3-7-18-10/h1-7H,8-9,14H2,(H,15,16). The highest BCUT2D eigenvalue weighted by molar-refractivity contribution is 7.09. The lowest BCUT2D eigenvalue weighted by molar-refractivity contribution is -0.120. The molecule has 0 aliphatic carbocycles. The zero-order chi connectivity index (χ0) is 12.8. The smallest absolute Gasteiger partial charge is 0.250 e. The summed E-state index contributed by atoms with van der Waals surface area (Å²) in [5.41, 5.74) is 6.88. The number of nitrogen functional groups attached to an aromatic ring is 1. The molecule has 1 amide bonds. The molecular formula is C13H14N2O2S. The zero-order valence-corrected chi connectivity index (χ0v) is 10.6. The van der Waals surface area contributed by atoms with Crippen molar-refractivity contribution in [1.29, 1.82) is 0 Å². The quantitative estimate of drug-likeness (QED) is 0.814. The van der Waals surface area contributed by atoms with E-state index in [-0.39, 0.29) is 12.5 Å². The molecule has 18 heavy (non-hydrogen) atoms. The Kier molecular flexibility index (Phi) is 4.33. The highest BCUT2D eigenvalue weighted by Gasteiger charge is 2.05. The van der Waals surface area contributed by atoms with Gasteiger partial charge in [-0.15, -0.1) is 11.3 Å². The van der Waals surface area contributed by atoms with E-state index in [1.807, 2.05) is 29.6 Å². The van der Waals surface area contributed by atoms with Gasteiger partial charge in [0.05, 0.1) is 18.0 Å². The summed E-state index contributed by atoms with van der Waals surface area (Å²) in [5.74, 6) is -0.204. The molecule has 0 unspecified atom stereocenters. The third-order valence-corrected chi connectivity index (χ3v) is 3.14. The first-order valence-electron chi connectivity index (χ1n) is 5.50. The normalized spacial score (nSPS) is 10.2. The summed E-state index contributed by atoms with van der Waals surface area (Å²) in [4.78, 5) is 12.7. The molecule has 0 fully saturated rings. The number of carbonyl (C=O) groups is 1. The van der Waals surface area contributed by atoms with Crippen LogP contribution in [0.5, 0.6) is 0 Å². The van der Waals surface area contributed by atoms with Gasteiger partial charge in [-0.3, -0.25) is 4.79 Å². The monoisotopic (exact) mass is 262 g/mol. The molecule has 0 saturated carbocycles. The van der Waals surface area contributed by atoms with Crippen LogP contribution in [-0.2, 0) is 16.1 Å². The van der Waals surface area contributed by atoms with E-state index in [0.717, 1.165) is 4.88 Å². The van der Waals surface area contributed by atoms with Crippen LogP contribution in [-0.4, -0.2) is 12.5 Å². The fourth-order valence-corrected chi connectivity index (χ4v) is 2.08. The van der Waals surface area contributed by atoms with E-state index in [9.17, 15) is 4.79 Å². The first-order chi connectivity index (χ1) is 8.75. The lowest BCUT2D eigenvalue weighted by Crippen LogP contribution is -2.18. The molecule has 0 atom stereocenters. The van der Waals surface area contributed by atoms with E-state index >= 15 is 0 Å². The van der Waals surface area contributed by atoms with Crippen LogP contribution in [0.15, 0.2) is 41.8 Å². The van der Waals surface area contributed by atoms with Gasteiger partial charge in [-0.25, -0.2) is 0 Å². The first kappa shape index (κ1) is 12.6. The summed E-state index contributed by atoms with van der Waals surface area (Å²) in [6.45, 7) is 0.474. The molecule has 2 rings (SSSR count). The van der Waals surface area contributed by atoms with Crippen molar-refractivity contribution in [2.45, 2.75) is 6.61 Å². The Hall–Kier alpha value is -1.85. The van der Waals surface area contributed by atoms with E-state index in [1.165, 1.54) is 0 Å². The Morgan fingerprint density at radius 2 is 2.11 bits per heavy atom. The van der Waals surface area contributed by atoms with Crippen molar-refractivity contribution in [3.63, 3.8) is 0 Å². The second kappa shape index (κ2) is 6.18. The van der Waals surface area contributed by atoms with E-state index in [4.69, 9.17) is 10.5 Å². The summed E-state index contributed by atoms with van der Waals surface area (Å²) in [7, 11) is 0. The van der Waals surface area contributed by atoms with Crippen LogP contribution in [0.2, 0.25) is 0 Å². The first-order valence-corrected chi connectivity index (χ1v) is 6.38. The number of anilines is 2. The van der Waals surface area contributed by atoms with Gasteiger partial charge < -0.3 is 15.8 Å². The molecule has 0 saturated heterocycles. The van der Waals surface area contributed by atoms with Crippen molar-refractivity contribution in [3.05, 3.63) is 46.7 Å². The van der Waals surface area contributed by atoms with Crippen LogP contribution in [0.1, 0.15) is 4.88 Å². The second-order valence-corrected chi connectivity index (χ2v) is 4.74. The van der Waals surface area contributed by atoms with Crippen molar-refractivity contribution in [1.82, 2.24) is 0 Å². The average molecular weight is 262 g/mol. The number of hydrogen-bond acceptors (Lipinski definition) is 4. The maximum Gasteiger partial charge on any atom is 0.250 e. The van der Waals surface area contributed by atoms with Crippen LogP contribution in [0.25, 0.3) is 0 Å².